The quantitative estimate of drug-likeness (QED) is 0.650. The van der Waals surface area contributed by atoms with E-state index in [0.29, 0.717) is 22.3 Å². The molecule has 6 heteroatoms. The van der Waals surface area contributed by atoms with Crippen molar-refractivity contribution in [2.75, 3.05) is 5.32 Å². The average Bonchev–Trinajstić information content (AvgIpc) is 2.37. The minimum Gasteiger partial charge on any atom is -0.375 e. The van der Waals surface area contributed by atoms with Gasteiger partial charge < -0.3 is 5.32 Å². The summed E-state index contributed by atoms with van der Waals surface area (Å²) in [4.78, 5) is 10.5. The molecule has 0 spiro atoms. The molecule has 0 saturated carbocycles. The van der Waals surface area contributed by atoms with Crippen molar-refractivity contribution in [3.63, 3.8) is 0 Å². The first-order valence-electron chi connectivity index (χ1n) is 5.90. The van der Waals surface area contributed by atoms with E-state index < -0.39 is 4.92 Å². The number of nitrogens with zero attached hydrogens (tertiary/aromatic N) is 1. The van der Waals surface area contributed by atoms with Crippen molar-refractivity contribution in [2.45, 2.75) is 13.5 Å². The van der Waals surface area contributed by atoms with Crippen molar-refractivity contribution < 1.29 is 4.92 Å². The standard InChI is InChI=1S/C14H12Cl2N2O2/c1-9-6-11(15)3-2-10(9)8-17-13-7-12(16)4-5-14(13)18(19)20/h2-7,17H,8H2,1H3. The number of halogens is 2. The highest BCUT2D eigenvalue weighted by atomic mass is 35.5. The Hall–Kier alpha value is -1.78. The topological polar surface area (TPSA) is 55.2 Å². The molecule has 0 saturated heterocycles. The molecule has 0 aliphatic heterocycles. The van der Waals surface area contributed by atoms with Crippen LogP contribution in [-0.4, -0.2) is 4.92 Å². The van der Waals surface area contributed by atoms with E-state index in [9.17, 15) is 10.1 Å². The molecule has 0 radical (unpaired) electrons. The summed E-state index contributed by atoms with van der Waals surface area (Å²) in [6.45, 7) is 2.40. The molecule has 1 N–H and O–H groups in total. The lowest BCUT2D eigenvalue weighted by Crippen LogP contribution is -2.04. The van der Waals surface area contributed by atoms with Gasteiger partial charge in [0, 0.05) is 22.7 Å². The molecule has 20 heavy (non-hydrogen) atoms. The molecule has 0 heterocycles. The van der Waals surface area contributed by atoms with Crippen LogP contribution < -0.4 is 5.32 Å². The third-order valence-electron chi connectivity index (χ3n) is 2.93. The molecule has 2 rings (SSSR count). The third kappa shape index (κ3) is 3.40. The van der Waals surface area contributed by atoms with Crippen LogP contribution in [-0.2, 0) is 6.54 Å². The largest absolute Gasteiger partial charge is 0.375 e. The minimum absolute atomic E-state index is 0.000941. The summed E-state index contributed by atoms with van der Waals surface area (Å²) in [6, 6.07) is 9.96. The monoisotopic (exact) mass is 310 g/mol. The molecule has 2 aromatic rings. The van der Waals surface area contributed by atoms with Gasteiger partial charge in [0.2, 0.25) is 0 Å². The molecule has 0 aromatic heterocycles. The van der Waals surface area contributed by atoms with Crippen molar-refractivity contribution in [2.24, 2.45) is 0 Å². The molecule has 0 bridgehead atoms. The number of rotatable bonds is 4. The summed E-state index contributed by atoms with van der Waals surface area (Å²) in [5.41, 5.74) is 2.44. The van der Waals surface area contributed by atoms with Gasteiger partial charge in [0.05, 0.1) is 4.92 Å². The minimum atomic E-state index is -0.437. The normalized spacial score (nSPS) is 10.3. The predicted molar refractivity (Wildman–Crippen MR) is 81.6 cm³/mol. The van der Waals surface area contributed by atoms with Crippen LogP contribution in [0, 0.1) is 17.0 Å². The lowest BCUT2D eigenvalue weighted by Gasteiger charge is -2.10. The van der Waals surface area contributed by atoms with Gasteiger partial charge in [-0.05, 0) is 42.3 Å². The molecule has 0 amide bonds. The second-order valence-electron chi connectivity index (χ2n) is 4.34. The van der Waals surface area contributed by atoms with Crippen molar-refractivity contribution in [3.8, 4) is 0 Å². The molecule has 2 aromatic carbocycles. The Morgan fingerprint density at radius 1 is 1.15 bits per heavy atom. The van der Waals surface area contributed by atoms with Gasteiger partial charge in [-0.2, -0.15) is 0 Å². The number of nitrogens with one attached hydrogen (secondary N) is 1. The molecular weight excluding hydrogens is 299 g/mol. The second kappa shape index (κ2) is 6.11. The van der Waals surface area contributed by atoms with Crippen LogP contribution in [0.15, 0.2) is 36.4 Å². The predicted octanol–water partition coefficient (Wildman–Crippen LogP) is 4.82. The summed E-state index contributed by atoms with van der Waals surface area (Å²) in [5.74, 6) is 0. The van der Waals surface area contributed by atoms with Crippen LogP contribution in [0.25, 0.3) is 0 Å². The Morgan fingerprint density at radius 2 is 1.80 bits per heavy atom. The Balaban J connectivity index is 2.22. The highest BCUT2D eigenvalue weighted by Gasteiger charge is 2.13. The number of hydrogen-bond donors (Lipinski definition) is 1. The van der Waals surface area contributed by atoms with Gasteiger partial charge >= 0.3 is 0 Å². The number of nitro groups is 1. The summed E-state index contributed by atoms with van der Waals surface area (Å²) in [7, 11) is 0. The second-order valence-corrected chi connectivity index (χ2v) is 5.22. The average molecular weight is 311 g/mol. The Bertz CT molecular complexity index is 660. The molecule has 0 aliphatic carbocycles. The number of nitro benzene ring substituents is 1. The van der Waals surface area contributed by atoms with E-state index >= 15 is 0 Å². The number of benzene rings is 2. The van der Waals surface area contributed by atoms with Crippen molar-refractivity contribution >= 4 is 34.6 Å². The fourth-order valence-electron chi connectivity index (χ4n) is 1.86. The van der Waals surface area contributed by atoms with Crippen molar-refractivity contribution in [1.82, 2.24) is 0 Å². The fourth-order valence-corrected chi connectivity index (χ4v) is 2.26. The third-order valence-corrected chi connectivity index (χ3v) is 3.40. The zero-order chi connectivity index (χ0) is 14.7. The van der Waals surface area contributed by atoms with Gasteiger partial charge in [0.1, 0.15) is 5.69 Å². The van der Waals surface area contributed by atoms with Crippen LogP contribution in [0.5, 0.6) is 0 Å². The van der Waals surface area contributed by atoms with E-state index in [4.69, 9.17) is 23.2 Å². The number of hydrogen-bond acceptors (Lipinski definition) is 3. The van der Waals surface area contributed by atoms with Gasteiger partial charge in [-0.3, -0.25) is 10.1 Å². The first-order chi connectivity index (χ1) is 9.47. The van der Waals surface area contributed by atoms with Gasteiger partial charge in [0.25, 0.3) is 5.69 Å². The van der Waals surface area contributed by atoms with Crippen LogP contribution >= 0.6 is 23.2 Å². The van der Waals surface area contributed by atoms with Crippen LogP contribution in [0.3, 0.4) is 0 Å². The van der Waals surface area contributed by atoms with Crippen molar-refractivity contribution in [1.29, 1.82) is 0 Å². The highest BCUT2D eigenvalue weighted by Crippen LogP contribution is 2.28. The Morgan fingerprint density at radius 3 is 2.45 bits per heavy atom. The highest BCUT2D eigenvalue weighted by molar-refractivity contribution is 6.31. The van der Waals surface area contributed by atoms with Crippen LogP contribution in [0.1, 0.15) is 11.1 Å². The summed E-state index contributed by atoms with van der Waals surface area (Å²) >= 11 is 11.8. The molecule has 4 nitrogen and oxygen atoms in total. The van der Waals surface area contributed by atoms with E-state index in [1.54, 1.807) is 12.1 Å². The summed E-state index contributed by atoms with van der Waals surface area (Å²) in [5, 5.41) is 15.1. The zero-order valence-corrected chi connectivity index (χ0v) is 12.2. The number of anilines is 1. The Kier molecular flexibility index (Phi) is 4.47. The van der Waals surface area contributed by atoms with Gasteiger partial charge in [-0.15, -0.1) is 0 Å². The van der Waals surface area contributed by atoms with E-state index in [1.165, 1.54) is 12.1 Å². The molecular formula is C14H12Cl2N2O2. The van der Waals surface area contributed by atoms with Gasteiger partial charge in [-0.25, -0.2) is 0 Å². The first-order valence-corrected chi connectivity index (χ1v) is 6.66. The van der Waals surface area contributed by atoms with Crippen LogP contribution in [0.4, 0.5) is 11.4 Å². The summed E-state index contributed by atoms with van der Waals surface area (Å²) < 4.78 is 0. The molecule has 104 valence electrons. The molecule has 0 unspecified atom stereocenters. The maximum absolute atomic E-state index is 11.0. The van der Waals surface area contributed by atoms with Gasteiger partial charge in [-0.1, -0.05) is 29.3 Å². The van der Waals surface area contributed by atoms with E-state index in [0.717, 1.165) is 11.1 Å². The number of aryl methyl sites for hydroxylation is 1. The van der Waals surface area contributed by atoms with E-state index in [-0.39, 0.29) is 5.69 Å². The fraction of sp³-hybridized carbons (Fsp3) is 0.143. The maximum atomic E-state index is 11.0. The van der Waals surface area contributed by atoms with Crippen LogP contribution in [0.2, 0.25) is 10.0 Å². The van der Waals surface area contributed by atoms with E-state index in [2.05, 4.69) is 5.32 Å². The first kappa shape index (κ1) is 14.6. The van der Waals surface area contributed by atoms with Gasteiger partial charge in [0.15, 0.2) is 0 Å². The van der Waals surface area contributed by atoms with Crippen molar-refractivity contribution in [3.05, 3.63) is 67.7 Å². The molecule has 0 aliphatic rings. The SMILES string of the molecule is Cc1cc(Cl)ccc1CNc1cc(Cl)ccc1[N+](=O)[O-]. The zero-order valence-electron chi connectivity index (χ0n) is 10.7. The van der Waals surface area contributed by atoms with E-state index in [1.807, 2.05) is 19.1 Å². The maximum Gasteiger partial charge on any atom is 0.292 e. The molecule has 0 fully saturated rings. The smallest absolute Gasteiger partial charge is 0.292 e. The lowest BCUT2D eigenvalue weighted by atomic mass is 10.1. The summed E-state index contributed by atoms with van der Waals surface area (Å²) in [6.07, 6.45) is 0. The Labute approximate surface area is 126 Å². The lowest BCUT2D eigenvalue weighted by molar-refractivity contribution is -0.384. The molecule has 0 atom stereocenters.